The standard InChI is InChI=1S/C14H24N2O5/c1-13(11(17)18)3-6-16(7-4-13)12(19)15-9-14(20-2)5-8-21-10-14/h3-10H2,1-2H3,(H,15,19)(H,17,18). The van der Waals surface area contributed by atoms with E-state index in [1.165, 1.54) is 0 Å². The lowest BCUT2D eigenvalue weighted by molar-refractivity contribution is -0.150. The second-order valence-corrected chi connectivity index (χ2v) is 6.20. The van der Waals surface area contributed by atoms with Gasteiger partial charge in [0.1, 0.15) is 5.60 Å². The number of amides is 2. The van der Waals surface area contributed by atoms with E-state index in [1.54, 1.807) is 18.9 Å². The molecule has 7 heteroatoms. The van der Waals surface area contributed by atoms with Crippen molar-refractivity contribution in [3.8, 4) is 0 Å². The number of nitrogens with one attached hydrogen (secondary N) is 1. The maximum Gasteiger partial charge on any atom is 0.317 e. The van der Waals surface area contributed by atoms with Gasteiger partial charge in [-0.05, 0) is 19.8 Å². The van der Waals surface area contributed by atoms with Crippen molar-refractivity contribution in [2.24, 2.45) is 5.41 Å². The minimum atomic E-state index is -0.788. The van der Waals surface area contributed by atoms with Crippen molar-refractivity contribution in [1.82, 2.24) is 10.2 Å². The van der Waals surface area contributed by atoms with Crippen LogP contribution in [0.25, 0.3) is 0 Å². The number of carboxylic acids is 1. The molecule has 0 aromatic rings. The molecule has 2 rings (SSSR count). The van der Waals surface area contributed by atoms with Crippen LogP contribution in [-0.2, 0) is 14.3 Å². The molecule has 0 radical (unpaired) electrons. The number of urea groups is 1. The molecule has 120 valence electrons. The molecule has 7 nitrogen and oxygen atoms in total. The highest BCUT2D eigenvalue weighted by atomic mass is 16.5. The molecule has 1 atom stereocenters. The Hall–Kier alpha value is -1.34. The number of rotatable bonds is 4. The molecular formula is C14H24N2O5. The molecule has 2 N–H and O–H groups in total. The van der Waals surface area contributed by atoms with Crippen molar-refractivity contribution in [2.45, 2.75) is 31.8 Å². The average Bonchev–Trinajstić information content (AvgIpc) is 2.95. The zero-order valence-corrected chi connectivity index (χ0v) is 12.7. The van der Waals surface area contributed by atoms with Crippen LogP contribution in [0.2, 0.25) is 0 Å². The lowest BCUT2D eigenvalue weighted by Crippen LogP contribution is -2.52. The summed E-state index contributed by atoms with van der Waals surface area (Å²) in [4.78, 5) is 25.0. The van der Waals surface area contributed by atoms with Crippen LogP contribution in [0.15, 0.2) is 0 Å². The third kappa shape index (κ3) is 3.47. The Labute approximate surface area is 124 Å². The fourth-order valence-electron chi connectivity index (χ4n) is 2.73. The first-order valence-corrected chi connectivity index (χ1v) is 7.30. The highest BCUT2D eigenvalue weighted by Crippen LogP contribution is 2.31. The van der Waals surface area contributed by atoms with E-state index in [0.29, 0.717) is 45.7 Å². The van der Waals surface area contributed by atoms with Crippen LogP contribution < -0.4 is 5.32 Å². The number of nitrogens with zero attached hydrogens (tertiary/aromatic N) is 1. The van der Waals surface area contributed by atoms with Crippen LogP contribution in [0.3, 0.4) is 0 Å². The van der Waals surface area contributed by atoms with Crippen molar-refractivity contribution < 1.29 is 24.2 Å². The van der Waals surface area contributed by atoms with E-state index in [1.807, 2.05) is 0 Å². The predicted octanol–water partition coefficient (Wildman–Crippen LogP) is 0.688. The van der Waals surface area contributed by atoms with E-state index in [4.69, 9.17) is 9.47 Å². The molecule has 0 bridgehead atoms. The summed E-state index contributed by atoms with van der Waals surface area (Å²) < 4.78 is 10.8. The summed E-state index contributed by atoms with van der Waals surface area (Å²) >= 11 is 0. The molecule has 2 heterocycles. The zero-order chi connectivity index (χ0) is 15.5. The van der Waals surface area contributed by atoms with Gasteiger partial charge in [-0.3, -0.25) is 4.79 Å². The van der Waals surface area contributed by atoms with Gasteiger partial charge in [-0.15, -0.1) is 0 Å². The molecule has 0 aromatic heterocycles. The van der Waals surface area contributed by atoms with Gasteiger partial charge in [0.05, 0.1) is 18.6 Å². The fraction of sp³-hybridized carbons (Fsp3) is 0.857. The molecular weight excluding hydrogens is 276 g/mol. The summed E-state index contributed by atoms with van der Waals surface area (Å²) in [6, 6.07) is -0.161. The van der Waals surface area contributed by atoms with Crippen LogP contribution in [0.1, 0.15) is 26.2 Å². The molecule has 1 unspecified atom stereocenters. The van der Waals surface area contributed by atoms with E-state index in [9.17, 15) is 14.7 Å². The maximum absolute atomic E-state index is 12.2. The first-order chi connectivity index (χ1) is 9.91. The highest BCUT2D eigenvalue weighted by molar-refractivity contribution is 5.77. The molecule has 2 amide bonds. The van der Waals surface area contributed by atoms with Gasteiger partial charge in [-0.1, -0.05) is 0 Å². The maximum atomic E-state index is 12.2. The Kier molecular flexibility index (Phi) is 4.73. The van der Waals surface area contributed by atoms with Gasteiger partial charge >= 0.3 is 12.0 Å². The monoisotopic (exact) mass is 300 g/mol. The molecule has 0 spiro atoms. The van der Waals surface area contributed by atoms with Crippen molar-refractivity contribution in [2.75, 3.05) is 40.0 Å². The number of piperidine rings is 1. The Balaban J connectivity index is 1.81. The van der Waals surface area contributed by atoms with Gasteiger partial charge in [0.15, 0.2) is 0 Å². The van der Waals surface area contributed by atoms with Gasteiger partial charge < -0.3 is 24.8 Å². The fourth-order valence-corrected chi connectivity index (χ4v) is 2.73. The number of hydrogen-bond acceptors (Lipinski definition) is 4. The third-order valence-electron chi connectivity index (χ3n) is 4.73. The van der Waals surface area contributed by atoms with Gasteiger partial charge in [0.25, 0.3) is 0 Å². The van der Waals surface area contributed by atoms with Crippen LogP contribution in [0.5, 0.6) is 0 Å². The summed E-state index contributed by atoms with van der Waals surface area (Å²) in [7, 11) is 1.63. The normalized spacial score (nSPS) is 28.4. The van der Waals surface area contributed by atoms with Gasteiger partial charge in [0, 0.05) is 33.2 Å². The topological polar surface area (TPSA) is 88.1 Å². The van der Waals surface area contributed by atoms with E-state index in [2.05, 4.69) is 5.32 Å². The zero-order valence-electron chi connectivity index (χ0n) is 12.7. The number of carbonyl (C=O) groups excluding carboxylic acids is 1. The van der Waals surface area contributed by atoms with E-state index in [0.717, 1.165) is 6.42 Å². The first-order valence-electron chi connectivity index (χ1n) is 7.30. The second-order valence-electron chi connectivity index (χ2n) is 6.20. The lowest BCUT2D eigenvalue weighted by atomic mass is 9.80. The number of carboxylic acid groups (broad SMARTS) is 1. The third-order valence-corrected chi connectivity index (χ3v) is 4.73. The molecule has 2 saturated heterocycles. The Bertz CT molecular complexity index is 398. The van der Waals surface area contributed by atoms with E-state index in [-0.39, 0.29) is 6.03 Å². The molecule has 2 aliphatic rings. The largest absolute Gasteiger partial charge is 0.481 e. The molecule has 21 heavy (non-hydrogen) atoms. The van der Waals surface area contributed by atoms with Crippen molar-refractivity contribution in [3.05, 3.63) is 0 Å². The predicted molar refractivity (Wildman–Crippen MR) is 75.1 cm³/mol. The average molecular weight is 300 g/mol. The molecule has 2 aliphatic heterocycles. The number of likely N-dealkylation sites (tertiary alicyclic amines) is 1. The number of aliphatic carboxylic acids is 1. The minimum absolute atomic E-state index is 0.161. The SMILES string of the molecule is COC1(CNC(=O)N2CCC(C)(C(=O)O)CC2)CCOC1. The Morgan fingerprint density at radius 3 is 2.48 bits per heavy atom. The molecule has 0 aliphatic carbocycles. The van der Waals surface area contributed by atoms with Crippen LogP contribution in [0, 0.1) is 5.41 Å². The van der Waals surface area contributed by atoms with Gasteiger partial charge in [0.2, 0.25) is 0 Å². The molecule has 2 fully saturated rings. The summed E-state index contributed by atoms with van der Waals surface area (Å²) in [6.45, 7) is 4.21. The van der Waals surface area contributed by atoms with Crippen LogP contribution in [0.4, 0.5) is 4.79 Å². The van der Waals surface area contributed by atoms with Gasteiger partial charge in [-0.2, -0.15) is 0 Å². The van der Waals surface area contributed by atoms with Crippen molar-refractivity contribution in [3.63, 3.8) is 0 Å². The Morgan fingerprint density at radius 2 is 2.00 bits per heavy atom. The summed E-state index contributed by atoms with van der Waals surface area (Å²) in [5.41, 5.74) is -1.15. The smallest absolute Gasteiger partial charge is 0.317 e. The number of ether oxygens (including phenoxy) is 2. The minimum Gasteiger partial charge on any atom is -0.481 e. The Morgan fingerprint density at radius 1 is 1.33 bits per heavy atom. The molecule has 0 aromatic carbocycles. The summed E-state index contributed by atoms with van der Waals surface area (Å²) in [5, 5.41) is 12.1. The van der Waals surface area contributed by atoms with Crippen molar-refractivity contribution >= 4 is 12.0 Å². The van der Waals surface area contributed by atoms with Gasteiger partial charge in [-0.25, -0.2) is 4.79 Å². The van der Waals surface area contributed by atoms with E-state index >= 15 is 0 Å². The first kappa shape index (κ1) is 16.0. The number of methoxy groups -OCH3 is 1. The highest BCUT2D eigenvalue weighted by Gasteiger charge is 2.39. The summed E-state index contributed by atoms with van der Waals surface area (Å²) in [6.07, 6.45) is 1.73. The lowest BCUT2D eigenvalue weighted by Gasteiger charge is -2.37. The van der Waals surface area contributed by atoms with Crippen LogP contribution in [-0.4, -0.2) is 67.6 Å². The molecule has 0 saturated carbocycles. The van der Waals surface area contributed by atoms with Crippen LogP contribution >= 0.6 is 0 Å². The summed E-state index contributed by atoms with van der Waals surface area (Å²) in [5.74, 6) is -0.788. The quantitative estimate of drug-likeness (QED) is 0.797. The van der Waals surface area contributed by atoms with E-state index < -0.39 is 17.0 Å². The second kappa shape index (κ2) is 6.19. The number of carbonyl (C=O) groups is 2. The van der Waals surface area contributed by atoms with Crippen molar-refractivity contribution in [1.29, 1.82) is 0 Å². The number of hydrogen-bond donors (Lipinski definition) is 2.